The van der Waals surface area contributed by atoms with E-state index >= 15 is 0 Å². The Kier molecular flexibility index (Phi) is 6.32. The lowest BCUT2D eigenvalue weighted by atomic mass is 10.1. The maximum atomic E-state index is 11.6. The van der Waals surface area contributed by atoms with Gasteiger partial charge in [-0.2, -0.15) is 0 Å². The Hall–Kier alpha value is -1.63. The molecule has 4 N–H and O–H groups in total. The molecule has 0 aliphatic heterocycles. The van der Waals surface area contributed by atoms with Gasteiger partial charge in [0.1, 0.15) is 0 Å². The maximum Gasteiger partial charge on any atom is 0.242 e. The molecule has 7 nitrogen and oxygen atoms in total. The molecule has 0 unspecified atom stereocenters. The fraction of sp³-hybridized carbons (Fsp3) is 0.727. The minimum atomic E-state index is -0.407. The second kappa shape index (κ2) is 6.95. The average molecular weight is 258 g/mol. The van der Waals surface area contributed by atoms with Crippen LogP contribution in [0.3, 0.4) is 0 Å². The lowest BCUT2D eigenvalue weighted by Gasteiger charge is -2.23. The van der Waals surface area contributed by atoms with Crippen molar-refractivity contribution in [1.29, 1.82) is 0 Å². The highest BCUT2D eigenvalue weighted by atomic mass is 16.2. The van der Waals surface area contributed by atoms with E-state index < -0.39 is 5.91 Å². The molecule has 0 radical (unpaired) electrons. The molecule has 3 amide bonds. The Labute approximate surface area is 107 Å². The van der Waals surface area contributed by atoms with Crippen molar-refractivity contribution < 1.29 is 14.4 Å². The quantitative estimate of drug-likeness (QED) is 0.554. The molecule has 0 aromatic heterocycles. The summed E-state index contributed by atoms with van der Waals surface area (Å²) in [5, 5.41) is 5.09. The molecule has 104 valence electrons. The van der Waals surface area contributed by atoms with Gasteiger partial charge in [-0.05, 0) is 20.8 Å². The van der Waals surface area contributed by atoms with Gasteiger partial charge in [0.15, 0.2) is 0 Å². The summed E-state index contributed by atoms with van der Waals surface area (Å²) < 4.78 is 0. The number of rotatable bonds is 5. The topological polar surface area (TPSA) is 105 Å². The first-order valence-corrected chi connectivity index (χ1v) is 5.67. The standard InChI is InChI=1S/C11H22N4O3/c1-11(2,3)14-9(17)7-15(4)10(18)6-13-8(16)5-12/h5-7,12H2,1-4H3,(H,13,16)(H,14,17). The van der Waals surface area contributed by atoms with E-state index in [-0.39, 0.29) is 37.0 Å². The van der Waals surface area contributed by atoms with Crippen molar-refractivity contribution in [2.45, 2.75) is 26.3 Å². The fourth-order valence-corrected chi connectivity index (χ4v) is 1.14. The molecule has 0 saturated heterocycles. The summed E-state index contributed by atoms with van der Waals surface area (Å²) in [7, 11) is 1.50. The fourth-order valence-electron chi connectivity index (χ4n) is 1.14. The van der Waals surface area contributed by atoms with Crippen molar-refractivity contribution in [2.75, 3.05) is 26.7 Å². The number of hydrogen-bond donors (Lipinski definition) is 3. The van der Waals surface area contributed by atoms with Crippen LogP contribution < -0.4 is 16.4 Å². The first-order valence-electron chi connectivity index (χ1n) is 5.67. The van der Waals surface area contributed by atoms with Gasteiger partial charge in [-0.25, -0.2) is 0 Å². The number of nitrogens with two attached hydrogens (primary N) is 1. The molecule has 18 heavy (non-hydrogen) atoms. The Bertz CT molecular complexity index is 323. The second-order valence-electron chi connectivity index (χ2n) is 5.03. The van der Waals surface area contributed by atoms with E-state index in [1.165, 1.54) is 11.9 Å². The monoisotopic (exact) mass is 258 g/mol. The summed E-state index contributed by atoms with van der Waals surface area (Å²) in [5.41, 5.74) is 4.74. The predicted octanol–water partition coefficient (Wildman–Crippen LogP) is -1.57. The molecule has 0 bridgehead atoms. The van der Waals surface area contributed by atoms with Crippen LogP contribution in [0.2, 0.25) is 0 Å². The maximum absolute atomic E-state index is 11.6. The molecule has 0 aromatic rings. The molecule has 0 saturated carbocycles. The molecule has 0 fully saturated rings. The zero-order valence-electron chi connectivity index (χ0n) is 11.4. The molecule has 0 aliphatic rings. The third kappa shape index (κ3) is 7.61. The predicted molar refractivity (Wildman–Crippen MR) is 67.6 cm³/mol. The van der Waals surface area contributed by atoms with Gasteiger partial charge in [-0.1, -0.05) is 0 Å². The summed E-state index contributed by atoms with van der Waals surface area (Å²) >= 11 is 0. The zero-order valence-corrected chi connectivity index (χ0v) is 11.4. The van der Waals surface area contributed by atoms with Gasteiger partial charge >= 0.3 is 0 Å². The number of amides is 3. The first-order chi connectivity index (χ1) is 8.15. The van der Waals surface area contributed by atoms with Crippen molar-refractivity contribution in [1.82, 2.24) is 15.5 Å². The lowest BCUT2D eigenvalue weighted by Crippen LogP contribution is -2.48. The van der Waals surface area contributed by atoms with Crippen LogP contribution in [0.5, 0.6) is 0 Å². The summed E-state index contributed by atoms with van der Waals surface area (Å²) in [6.07, 6.45) is 0. The third-order valence-electron chi connectivity index (χ3n) is 1.94. The van der Waals surface area contributed by atoms with Crippen LogP contribution in [0.25, 0.3) is 0 Å². The van der Waals surface area contributed by atoms with Crippen molar-refractivity contribution in [2.24, 2.45) is 5.73 Å². The van der Waals surface area contributed by atoms with Crippen LogP contribution in [0.15, 0.2) is 0 Å². The number of carbonyl (C=O) groups is 3. The summed E-state index contributed by atoms with van der Waals surface area (Å²) in [6.45, 7) is 5.20. The van der Waals surface area contributed by atoms with E-state index in [4.69, 9.17) is 5.73 Å². The Morgan fingerprint density at radius 1 is 1.17 bits per heavy atom. The van der Waals surface area contributed by atoms with Gasteiger partial charge in [-0.15, -0.1) is 0 Å². The molecule has 0 aromatic carbocycles. The molecule has 0 aliphatic carbocycles. The molecule has 0 heterocycles. The van der Waals surface area contributed by atoms with Crippen molar-refractivity contribution >= 4 is 17.7 Å². The first kappa shape index (κ1) is 16.4. The minimum Gasteiger partial charge on any atom is -0.350 e. The van der Waals surface area contributed by atoms with Crippen molar-refractivity contribution in [3.63, 3.8) is 0 Å². The van der Waals surface area contributed by atoms with E-state index in [0.29, 0.717) is 0 Å². The van der Waals surface area contributed by atoms with Gasteiger partial charge in [0.2, 0.25) is 17.7 Å². The Morgan fingerprint density at radius 2 is 1.72 bits per heavy atom. The third-order valence-corrected chi connectivity index (χ3v) is 1.94. The number of likely N-dealkylation sites (N-methyl/N-ethyl adjacent to an activating group) is 1. The SMILES string of the molecule is CN(CC(=O)NC(C)(C)C)C(=O)CNC(=O)CN. The van der Waals surface area contributed by atoms with Gasteiger partial charge in [0.25, 0.3) is 0 Å². The Morgan fingerprint density at radius 3 is 2.17 bits per heavy atom. The van der Waals surface area contributed by atoms with E-state index in [1.54, 1.807) is 0 Å². The molecule has 0 rings (SSSR count). The van der Waals surface area contributed by atoms with Gasteiger partial charge < -0.3 is 21.3 Å². The minimum absolute atomic E-state index is 0.0470. The van der Waals surface area contributed by atoms with Crippen LogP contribution in [0.1, 0.15) is 20.8 Å². The number of nitrogens with one attached hydrogen (secondary N) is 2. The zero-order chi connectivity index (χ0) is 14.3. The molecule has 0 atom stereocenters. The molecule has 7 heteroatoms. The summed E-state index contributed by atoms with van der Waals surface area (Å²) in [5.74, 6) is -1.000. The smallest absolute Gasteiger partial charge is 0.242 e. The van der Waals surface area contributed by atoms with E-state index in [2.05, 4.69) is 10.6 Å². The molecular formula is C11H22N4O3. The highest BCUT2D eigenvalue weighted by molar-refractivity contribution is 5.88. The van der Waals surface area contributed by atoms with Crippen LogP contribution in [-0.4, -0.2) is 54.8 Å². The van der Waals surface area contributed by atoms with Gasteiger partial charge in [-0.3, -0.25) is 14.4 Å². The van der Waals surface area contributed by atoms with Crippen molar-refractivity contribution in [3.05, 3.63) is 0 Å². The highest BCUT2D eigenvalue weighted by Crippen LogP contribution is 1.98. The van der Waals surface area contributed by atoms with E-state index in [9.17, 15) is 14.4 Å². The van der Waals surface area contributed by atoms with Gasteiger partial charge in [0.05, 0.1) is 19.6 Å². The molecule has 0 spiro atoms. The molecular weight excluding hydrogens is 236 g/mol. The lowest BCUT2D eigenvalue weighted by molar-refractivity contribution is -0.135. The highest BCUT2D eigenvalue weighted by Gasteiger charge is 2.17. The van der Waals surface area contributed by atoms with E-state index in [0.717, 1.165) is 0 Å². The Balaban J connectivity index is 4.08. The normalized spacial score (nSPS) is 10.7. The van der Waals surface area contributed by atoms with Crippen LogP contribution >= 0.6 is 0 Å². The summed E-state index contributed by atoms with van der Waals surface area (Å²) in [6, 6.07) is 0. The number of hydrogen-bond acceptors (Lipinski definition) is 4. The summed E-state index contributed by atoms with van der Waals surface area (Å²) in [4.78, 5) is 35.2. The van der Waals surface area contributed by atoms with Crippen LogP contribution in [0, 0.1) is 0 Å². The average Bonchev–Trinajstić information content (AvgIpc) is 2.22. The van der Waals surface area contributed by atoms with Crippen molar-refractivity contribution in [3.8, 4) is 0 Å². The van der Waals surface area contributed by atoms with Crippen LogP contribution in [0.4, 0.5) is 0 Å². The number of carbonyl (C=O) groups excluding carboxylic acids is 3. The van der Waals surface area contributed by atoms with Crippen LogP contribution in [-0.2, 0) is 14.4 Å². The largest absolute Gasteiger partial charge is 0.350 e. The number of nitrogens with zero attached hydrogens (tertiary/aromatic N) is 1. The van der Waals surface area contributed by atoms with E-state index in [1.807, 2.05) is 20.8 Å². The van der Waals surface area contributed by atoms with Gasteiger partial charge in [0, 0.05) is 12.6 Å². The second-order valence-corrected chi connectivity index (χ2v) is 5.03.